The van der Waals surface area contributed by atoms with E-state index in [2.05, 4.69) is 33.5 Å². The Balaban J connectivity index is 1.60. The molecule has 0 radical (unpaired) electrons. The first-order chi connectivity index (χ1) is 13.2. The van der Waals surface area contributed by atoms with Crippen molar-refractivity contribution in [1.82, 2.24) is 15.6 Å². The fourth-order valence-electron chi connectivity index (χ4n) is 3.13. The Kier molecular flexibility index (Phi) is 6.76. The van der Waals surface area contributed by atoms with Crippen LogP contribution in [0.3, 0.4) is 0 Å². The molecule has 3 rings (SSSR count). The summed E-state index contributed by atoms with van der Waals surface area (Å²) in [4.78, 5) is 11.2. The molecule has 1 atom stereocenters. The smallest absolute Gasteiger partial charge is 0.213 e. The zero-order chi connectivity index (χ0) is 19.1. The summed E-state index contributed by atoms with van der Waals surface area (Å²) in [5.41, 5.74) is 2.23. The van der Waals surface area contributed by atoms with Crippen LogP contribution >= 0.6 is 11.6 Å². The lowest BCUT2D eigenvalue weighted by atomic mass is 10.2. The van der Waals surface area contributed by atoms with Crippen LogP contribution in [0.1, 0.15) is 18.9 Å². The molecule has 0 amide bonds. The molecule has 0 bridgehead atoms. The molecule has 144 valence electrons. The van der Waals surface area contributed by atoms with Gasteiger partial charge < -0.3 is 20.3 Å². The molecule has 0 saturated carbocycles. The number of aromatic nitrogens is 1. The highest BCUT2D eigenvalue weighted by Gasteiger charge is 2.23. The molecule has 1 saturated heterocycles. The van der Waals surface area contributed by atoms with Gasteiger partial charge in [0.1, 0.15) is 0 Å². The van der Waals surface area contributed by atoms with Gasteiger partial charge in [-0.3, -0.25) is 0 Å². The summed E-state index contributed by atoms with van der Waals surface area (Å²) in [5, 5.41) is 7.64. The maximum Gasteiger partial charge on any atom is 0.213 e. The molecule has 2 heterocycles. The Labute approximate surface area is 165 Å². The Bertz CT molecular complexity index is 782. The van der Waals surface area contributed by atoms with Crippen molar-refractivity contribution in [1.29, 1.82) is 0 Å². The van der Waals surface area contributed by atoms with E-state index in [0.29, 0.717) is 18.5 Å². The van der Waals surface area contributed by atoms with E-state index < -0.39 is 0 Å². The van der Waals surface area contributed by atoms with Gasteiger partial charge in [-0.05, 0) is 43.2 Å². The standard InChI is InChI=1S/C20H26ClN5O/c1-3-22-20(24-13-15-7-9-23-19(11-15)27-2)25-17-8-10-26(14-17)18-6-4-5-16(21)12-18/h4-7,9,11-12,17H,3,8,10,13-14H2,1-2H3,(H2,22,24,25). The number of benzene rings is 1. The molecule has 2 aromatic rings. The summed E-state index contributed by atoms with van der Waals surface area (Å²) >= 11 is 6.12. The number of hydrogen-bond acceptors (Lipinski definition) is 4. The van der Waals surface area contributed by atoms with Crippen LogP contribution in [-0.4, -0.2) is 43.7 Å². The number of aliphatic imine (C=N–C) groups is 1. The number of anilines is 1. The second-order valence-corrected chi connectivity index (χ2v) is 6.89. The molecule has 1 fully saturated rings. The average molecular weight is 388 g/mol. The van der Waals surface area contributed by atoms with Crippen LogP contribution in [-0.2, 0) is 6.54 Å². The van der Waals surface area contributed by atoms with Gasteiger partial charge in [-0.25, -0.2) is 9.98 Å². The Morgan fingerprint density at radius 1 is 1.37 bits per heavy atom. The van der Waals surface area contributed by atoms with Gasteiger partial charge in [0.15, 0.2) is 5.96 Å². The molecule has 1 aromatic carbocycles. The van der Waals surface area contributed by atoms with Crippen LogP contribution in [0, 0.1) is 0 Å². The molecule has 7 heteroatoms. The summed E-state index contributed by atoms with van der Waals surface area (Å²) in [7, 11) is 1.62. The van der Waals surface area contributed by atoms with Gasteiger partial charge in [-0.1, -0.05) is 17.7 Å². The van der Waals surface area contributed by atoms with Crippen LogP contribution < -0.4 is 20.3 Å². The largest absolute Gasteiger partial charge is 0.481 e. The lowest BCUT2D eigenvalue weighted by Crippen LogP contribution is -2.44. The van der Waals surface area contributed by atoms with E-state index in [-0.39, 0.29) is 0 Å². The lowest BCUT2D eigenvalue weighted by molar-refractivity contribution is 0.397. The number of rotatable bonds is 6. The second kappa shape index (κ2) is 9.46. The summed E-state index contributed by atoms with van der Waals surface area (Å²) in [6.45, 7) is 5.38. The minimum atomic E-state index is 0.341. The van der Waals surface area contributed by atoms with Gasteiger partial charge in [-0.15, -0.1) is 0 Å². The van der Waals surface area contributed by atoms with Crippen LogP contribution in [0.4, 0.5) is 5.69 Å². The van der Waals surface area contributed by atoms with Crippen LogP contribution in [0.15, 0.2) is 47.6 Å². The van der Waals surface area contributed by atoms with Crippen LogP contribution in [0.2, 0.25) is 5.02 Å². The maximum absolute atomic E-state index is 6.12. The summed E-state index contributed by atoms with van der Waals surface area (Å²) in [6, 6.07) is 12.2. The first kappa shape index (κ1) is 19.3. The SMILES string of the molecule is CCNC(=NCc1ccnc(OC)c1)NC1CCN(c2cccc(Cl)c2)C1. The van der Waals surface area contributed by atoms with Crippen molar-refractivity contribution in [2.75, 3.05) is 31.6 Å². The third-order valence-electron chi connectivity index (χ3n) is 4.47. The number of hydrogen-bond donors (Lipinski definition) is 2. The first-order valence-corrected chi connectivity index (χ1v) is 9.60. The van der Waals surface area contributed by atoms with E-state index >= 15 is 0 Å². The van der Waals surface area contributed by atoms with E-state index in [1.165, 1.54) is 0 Å². The Morgan fingerprint density at radius 3 is 3.04 bits per heavy atom. The molecule has 2 N–H and O–H groups in total. The van der Waals surface area contributed by atoms with Gasteiger partial charge in [0.05, 0.1) is 13.7 Å². The Morgan fingerprint density at radius 2 is 2.26 bits per heavy atom. The van der Waals surface area contributed by atoms with E-state index in [1.54, 1.807) is 13.3 Å². The minimum absolute atomic E-state index is 0.341. The number of methoxy groups -OCH3 is 1. The van der Waals surface area contributed by atoms with Crippen molar-refractivity contribution in [3.63, 3.8) is 0 Å². The van der Waals surface area contributed by atoms with Crippen LogP contribution in [0.25, 0.3) is 0 Å². The average Bonchev–Trinajstić information content (AvgIpc) is 3.15. The first-order valence-electron chi connectivity index (χ1n) is 9.22. The maximum atomic E-state index is 6.12. The van der Waals surface area contributed by atoms with E-state index in [1.807, 2.05) is 30.3 Å². The van der Waals surface area contributed by atoms with Crippen molar-refractivity contribution in [2.24, 2.45) is 4.99 Å². The fraction of sp³-hybridized carbons (Fsp3) is 0.400. The molecule has 27 heavy (non-hydrogen) atoms. The highest BCUT2D eigenvalue weighted by Crippen LogP contribution is 2.23. The molecule has 1 unspecified atom stereocenters. The molecular formula is C20H26ClN5O. The summed E-state index contributed by atoms with van der Waals surface area (Å²) < 4.78 is 5.17. The zero-order valence-corrected chi connectivity index (χ0v) is 16.5. The highest BCUT2D eigenvalue weighted by atomic mass is 35.5. The molecule has 1 aliphatic heterocycles. The van der Waals surface area contributed by atoms with Crippen molar-refractivity contribution in [2.45, 2.75) is 25.9 Å². The molecule has 1 aromatic heterocycles. The number of nitrogens with one attached hydrogen (secondary N) is 2. The zero-order valence-electron chi connectivity index (χ0n) is 15.8. The lowest BCUT2D eigenvalue weighted by Gasteiger charge is -2.20. The summed E-state index contributed by atoms with van der Waals surface area (Å²) in [6.07, 6.45) is 2.80. The monoisotopic (exact) mass is 387 g/mol. The normalized spacial score (nSPS) is 17.1. The van der Waals surface area contributed by atoms with Crippen molar-refractivity contribution < 1.29 is 4.74 Å². The van der Waals surface area contributed by atoms with E-state index in [4.69, 9.17) is 21.3 Å². The third kappa shape index (κ3) is 5.50. The van der Waals surface area contributed by atoms with Gasteiger partial charge in [0, 0.05) is 48.6 Å². The molecule has 0 spiro atoms. The fourth-order valence-corrected chi connectivity index (χ4v) is 3.31. The van der Waals surface area contributed by atoms with E-state index in [0.717, 1.165) is 48.3 Å². The second-order valence-electron chi connectivity index (χ2n) is 6.46. The quantitative estimate of drug-likeness (QED) is 0.589. The number of halogens is 1. The predicted molar refractivity (Wildman–Crippen MR) is 111 cm³/mol. The summed E-state index contributed by atoms with van der Waals surface area (Å²) in [5.74, 6) is 1.43. The van der Waals surface area contributed by atoms with Gasteiger partial charge in [-0.2, -0.15) is 0 Å². The predicted octanol–water partition coefficient (Wildman–Crippen LogP) is 3.08. The van der Waals surface area contributed by atoms with Gasteiger partial charge >= 0.3 is 0 Å². The Hall–Kier alpha value is -2.47. The number of pyridine rings is 1. The molecule has 0 aliphatic carbocycles. The third-order valence-corrected chi connectivity index (χ3v) is 4.71. The number of ether oxygens (including phenoxy) is 1. The van der Waals surface area contributed by atoms with Crippen LogP contribution in [0.5, 0.6) is 5.88 Å². The van der Waals surface area contributed by atoms with Crippen molar-refractivity contribution in [3.8, 4) is 5.88 Å². The number of guanidine groups is 1. The molecule has 6 nitrogen and oxygen atoms in total. The molecular weight excluding hydrogens is 362 g/mol. The number of nitrogens with zero attached hydrogens (tertiary/aromatic N) is 3. The van der Waals surface area contributed by atoms with Crippen molar-refractivity contribution in [3.05, 3.63) is 53.2 Å². The van der Waals surface area contributed by atoms with Gasteiger partial charge in [0.2, 0.25) is 5.88 Å². The van der Waals surface area contributed by atoms with Gasteiger partial charge in [0.25, 0.3) is 0 Å². The molecule has 1 aliphatic rings. The topological polar surface area (TPSA) is 61.8 Å². The van der Waals surface area contributed by atoms with Crippen molar-refractivity contribution >= 4 is 23.2 Å². The highest BCUT2D eigenvalue weighted by molar-refractivity contribution is 6.30. The van der Waals surface area contributed by atoms with E-state index in [9.17, 15) is 0 Å². The minimum Gasteiger partial charge on any atom is -0.481 e.